The number of hydrogen-bond acceptors (Lipinski definition) is 1. The van der Waals surface area contributed by atoms with Crippen molar-refractivity contribution in [2.24, 2.45) is 0 Å². The fourth-order valence-corrected chi connectivity index (χ4v) is 1.32. The first-order valence-electron chi connectivity index (χ1n) is 4.43. The highest BCUT2D eigenvalue weighted by atomic mass is 15.1. The van der Waals surface area contributed by atoms with E-state index in [2.05, 4.69) is 45.6 Å². The smallest absolute Gasteiger partial charge is 0.246 e. The second-order valence-electron chi connectivity index (χ2n) is 4.09. The van der Waals surface area contributed by atoms with Crippen LogP contribution in [0, 0.1) is 0 Å². The van der Waals surface area contributed by atoms with Crippen LogP contribution in [0.1, 0.15) is 20.8 Å². The maximum atomic E-state index is 3.80. The molecule has 2 heteroatoms. The molecule has 0 aliphatic carbocycles. The van der Waals surface area contributed by atoms with E-state index in [0.29, 0.717) is 6.85 Å². The van der Waals surface area contributed by atoms with Gasteiger partial charge in [-0.3, -0.25) is 0 Å². The lowest BCUT2D eigenvalue weighted by molar-refractivity contribution is 0.272. The van der Waals surface area contributed by atoms with Crippen LogP contribution >= 0.6 is 0 Å². The van der Waals surface area contributed by atoms with Crippen molar-refractivity contribution in [3.63, 3.8) is 0 Å². The first-order chi connectivity index (χ1) is 5.43. The van der Waals surface area contributed by atoms with Gasteiger partial charge in [0.2, 0.25) is 6.85 Å². The molecule has 0 N–H and O–H groups in total. The maximum Gasteiger partial charge on any atom is 0.246 e. The van der Waals surface area contributed by atoms with Crippen LogP contribution in [0.4, 0.5) is 0 Å². The van der Waals surface area contributed by atoms with E-state index in [9.17, 15) is 0 Å². The molecule has 0 heterocycles. The van der Waals surface area contributed by atoms with Crippen molar-refractivity contribution in [3.05, 3.63) is 25.2 Å². The Labute approximate surface area is 77.2 Å². The molecule has 0 atom stereocenters. The lowest BCUT2D eigenvalue weighted by Gasteiger charge is -2.37. The van der Waals surface area contributed by atoms with Crippen LogP contribution in [0.5, 0.6) is 0 Å². The largest absolute Gasteiger partial charge is 0.331 e. The first-order valence-corrected chi connectivity index (χ1v) is 4.43. The Hall–Kier alpha value is -0.495. The second-order valence-corrected chi connectivity index (χ2v) is 4.09. The van der Waals surface area contributed by atoms with Gasteiger partial charge in [-0.2, -0.15) is 0 Å². The summed E-state index contributed by atoms with van der Waals surface area (Å²) in [6.07, 6.45) is 1.94. The highest BCUT2D eigenvalue weighted by molar-refractivity contribution is 6.60. The number of rotatable bonds is 4. The van der Waals surface area contributed by atoms with Gasteiger partial charge < -0.3 is 4.81 Å². The van der Waals surface area contributed by atoms with E-state index in [4.69, 9.17) is 0 Å². The lowest BCUT2D eigenvalue weighted by atomic mass is 9.61. The lowest BCUT2D eigenvalue weighted by Crippen LogP contribution is -2.48. The van der Waals surface area contributed by atoms with E-state index in [0.717, 1.165) is 6.54 Å². The monoisotopic (exact) mass is 165 g/mol. The van der Waals surface area contributed by atoms with Crippen LogP contribution in [0.15, 0.2) is 25.2 Å². The van der Waals surface area contributed by atoms with E-state index >= 15 is 0 Å². The molecule has 0 saturated carbocycles. The standard InChI is InChI=1S/C10H20BN/c1-7-9-12(10(3,4)5)11(6)8-2/h7-8H,1-2,9H2,3-6H3. The van der Waals surface area contributed by atoms with Crippen LogP contribution < -0.4 is 0 Å². The van der Waals surface area contributed by atoms with Crippen LogP contribution in [0.25, 0.3) is 0 Å². The average molecular weight is 165 g/mol. The van der Waals surface area contributed by atoms with Gasteiger partial charge in [0.25, 0.3) is 0 Å². The molecule has 0 amide bonds. The Morgan fingerprint density at radius 1 is 1.33 bits per heavy atom. The van der Waals surface area contributed by atoms with E-state index in [1.54, 1.807) is 0 Å². The average Bonchev–Trinajstić information content (AvgIpc) is 1.96. The van der Waals surface area contributed by atoms with Crippen molar-refractivity contribution >= 4 is 6.85 Å². The zero-order chi connectivity index (χ0) is 9.78. The predicted molar refractivity (Wildman–Crippen MR) is 58.5 cm³/mol. The molecule has 0 aromatic heterocycles. The van der Waals surface area contributed by atoms with Gasteiger partial charge in [0.05, 0.1) is 0 Å². The van der Waals surface area contributed by atoms with Crippen molar-refractivity contribution < 1.29 is 0 Å². The van der Waals surface area contributed by atoms with Gasteiger partial charge in [0.1, 0.15) is 0 Å². The summed E-state index contributed by atoms with van der Waals surface area (Å²) in [7, 11) is 0. The molecule has 0 aliphatic rings. The summed E-state index contributed by atoms with van der Waals surface area (Å²) in [5.74, 6) is 1.97. The predicted octanol–water partition coefficient (Wildman–Crippen LogP) is 2.62. The minimum Gasteiger partial charge on any atom is -0.331 e. The first kappa shape index (κ1) is 11.5. The molecule has 0 spiro atoms. The van der Waals surface area contributed by atoms with Gasteiger partial charge in [-0.15, -0.1) is 19.1 Å². The SMILES string of the molecule is C=CCN(B(C)C=C)C(C)(C)C. The maximum absolute atomic E-state index is 3.80. The fraction of sp³-hybridized carbons (Fsp3) is 0.600. The van der Waals surface area contributed by atoms with Crippen molar-refractivity contribution in [1.82, 2.24) is 4.81 Å². The fourth-order valence-electron chi connectivity index (χ4n) is 1.32. The minimum atomic E-state index is 0.182. The molecular weight excluding hydrogens is 145 g/mol. The minimum absolute atomic E-state index is 0.182. The molecule has 0 aromatic carbocycles. The summed E-state index contributed by atoms with van der Waals surface area (Å²) in [6.45, 7) is 17.6. The van der Waals surface area contributed by atoms with Crippen LogP contribution in [-0.2, 0) is 0 Å². The van der Waals surface area contributed by atoms with E-state index in [-0.39, 0.29) is 5.54 Å². The van der Waals surface area contributed by atoms with Gasteiger partial charge in [0, 0.05) is 12.1 Å². The van der Waals surface area contributed by atoms with Gasteiger partial charge in [-0.1, -0.05) is 12.9 Å². The van der Waals surface area contributed by atoms with Crippen LogP contribution in [0.3, 0.4) is 0 Å². The normalized spacial score (nSPS) is 11.4. The van der Waals surface area contributed by atoms with E-state index in [1.165, 1.54) is 0 Å². The molecule has 0 saturated heterocycles. The molecule has 68 valence electrons. The number of nitrogens with zero attached hydrogens (tertiary/aromatic N) is 1. The third kappa shape index (κ3) is 3.27. The van der Waals surface area contributed by atoms with Crippen molar-refractivity contribution in [2.75, 3.05) is 6.54 Å². The quantitative estimate of drug-likeness (QED) is 0.457. The molecule has 0 radical (unpaired) electrons. The van der Waals surface area contributed by atoms with Gasteiger partial charge in [-0.25, -0.2) is 0 Å². The third-order valence-electron chi connectivity index (χ3n) is 2.02. The van der Waals surface area contributed by atoms with E-state index < -0.39 is 0 Å². The highest BCUT2D eigenvalue weighted by Gasteiger charge is 2.24. The molecule has 0 aromatic rings. The molecule has 0 unspecified atom stereocenters. The number of hydrogen-bond donors (Lipinski definition) is 0. The summed E-state index contributed by atoms with van der Waals surface area (Å²) in [5, 5.41) is 0. The molecule has 12 heavy (non-hydrogen) atoms. The van der Waals surface area contributed by atoms with Crippen LogP contribution in [0.2, 0.25) is 6.82 Å². The Morgan fingerprint density at radius 2 is 1.83 bits per heavy atom. The van der Waals surface area contributed by atoms with Crippen LogP contribution in [-0.4, -0.2) is 23.7 Å². The summed E-state index contributed by atoms with van der Waals surface area (Å²) in [6, 6.07) is 0. The molecule has 0 rings (SSSR count). The summed E-state index contributed by atoms with van der Waals surface area (Å²) < 4.78 is 0. The second kappa shape index (κ2) is 4.51. The third-order valence-corrected chi connectivity index (χ3v) is 2.02. The summed E-state index contributed by atoms with van der Waals surface area (Å²) in [4.78, 5) is 2.35. The summed E-state index contributed by atoms with van der Waals surface area (Å²) >= 11 is 0. The molecule has 0 bridgehead atoms. The zero-order valence-electron chi connectivity index (χ0n) is 8.80. The van der Waals surface area contributed by atoms with Gasteiger partial charge >= 0.3 is 0 Å². The van der Waals surface area contributed by atoms with Crippen molar-refractivity contribution in [3.8, 4) is 0 Å². The Morgan fingerprint density at radius 3 is 2.08 bits per heavy atom. The van der Waals surface area contributed by atoms with E-state index in [1.807, 2.05) is 12.1 Å². The van der Waals surface area contributed by atoms with Gasteiger partial charge in [-0.05, 0) is 20.8 Å². The Kier molecular flexibility index (Phi) is 4.32. The zero-order valence-corrected chi connectivity index (χ0v) is 8.80. The van der Waals surface area contributed by atoms with Crippen molar-refractivity contribution in [1.29, 1.82) is 0 Å². The molecular formula is C10H20BN. The Bertz CT molecular complexity index is 158. The molecule has 0 fully saturated rings. The molecule has 0 aliphatic heterocycles. The topological polar surface area (TPSA) is 3.24 Å². The van der Waals surface area contributed by atoms with Crippen molar-refractivity contribution in [2.45, 2.75) is 33.1 Å². The summed E-state index contributed by atoms with van der Waals surface area (Å²) in [5.41, 5.74) is 0.182. The van der Waals surface area contributed by atoms with Gasteiger partial charge in [0.15, 0.2) is 0 Å². The Balaban J connectivity index is 4.42. The highest BCUT2D eigenvalue weighted by Crippen LogP contribution is 2.15. The molecule has 1 nitrogen and oxygen atoms in total.